The molecule has 3 nitrogen and oxygen atoms in total. The maximum atomic E-state index is 9.99. The molecule has 4 heteroatoms. The van der Waals surface area contributed by atoms with Crippen molar-refractivity contribution in [2.75, 3.05) is 0 Å². The Balaban J connectivity index is 3.58. The second-order valence-electron chi connectivity index (χ2n) is 1.08. The zero-order chi connectivity index (χ0) is 5.86. The average molecular weight is 122 g/mol. The summed E-state index contributed by atoms with van der Waals surface area (Å²) in [5.41, 5.74) is -0.551. The van der Waals surface area contributed by atoms with Crippen LogP contribution < -0.4 is 0 Å². The summed E-state index contributed by atoms with van der Waals surface area (Å²) in [5, 5.41) is 0. The van der Waals surface area contributed by atoms with Gasteiger partial charge in [0.05, 0.1) is 0 Å². The van der Waals surface area contributed by atoms with Crippen LogP contribution in [0, 0.1) is 0 Å². The Hall–Kier alpha value is -0.140. The van der Waals surface area contributed by atoms with Crippen LogP contribution in [0.3, 0.4) is 0 Å². The Morgan fingerprint density at radius 3 is 2.29 bits per heavy atom. The van der Waals surface area contributed by atoms with E-state index in [4.69, 9.17) is 4.89 Å². The van der Waals surface area contributed by atoms with Crippen molar-refractivity contribution < 1.29 is 14.3 Å². The van der Waals surface area contributed by atoms with Crippen LogP contribution in [0.2, 0.25) is 0 Å². The van der Waals surface area contributed by atoms with Crippen molar-refractivity contribution in [2.45, 2.75) is 13.3 Å². The van der Waals surface area contributed by atoms with E-state index in [0.29, 0.717) is 0 Å². The van der Waals surface area contributed by atoms with Crippen molar-refractivity contribution in [3.8, 4) is 0 Å². The van der Waals surface area contributed by atoms with Gasteiger partial charge in [0.15, 0.2) is 0 Å². The zero-order valence-corrected chi connectivity index (χ0v) is 4.97. The summed E-state index contributed by atoms with van der Waals surface area (Å²) in [5.74, 6) is 0. The molecule has 0 radical (unpaired) electrons. The molecule has 0 saturated heterocycles. The third kappa shape index (κ3) is 2.54. The molecule has 1 N–H and O–H groups in total. The molecule has 0 aliphatic rings. The van der Waals surface area contributed by atoms with Crippen LogP contribution in [0.15, 0.2) is 0 Å². The van der Waals surface area contributed by atoms with Gasteiger partial charge >= 0.3 is 0 Å². The van der Waals surface area contributed by atoms with Gasteiger partial charge in [0.25, 0.3) is 8.03 Å². The van der Waals surface area contributed by atoms with Crippen LogP contribution in [-0.2, 0) is 9.36 Å². The normalized spacial score (nSPS) is 13.4. The number of carbonyl (C=O) groups is 1. The Morgan fingerprint density at radius 1 is 1.86 bits per heavy atom. The Labute approximate surface area is 42.2 Å². The van der Waals surface area contributed by atoms with Gasteiger partial charge in [0.1, 0.15) is 0 Å². The monoisotopic (exact) mass is 122 g/mol. The fraction of sp³-hybridized carbons (Fsp3) is 0.667. The molecule has 0 aliphatic heterocycles. The highest BCUT2D eigenvalue weighted by Crippen LogP contribution is 2.15. The lowest BCUT2D eigenvalue weighted by Crippen LogP contribution is -1.83. The van der Waals surface area contributed by atoms with Gasteiger partial charge in [0.2, 0.25) is 5.52 Å². The highest BCUT2D eigenvalue weighted by atomic mass is 31.1. The number of rotatable bonds is 2. The van der Waals surface area contributed by atoms with Gasteiger partial charge in [-0.1, -0.05) is 6.92 Å². The highest BCUT2D eigenvalue weighted by molar-refractivity contribution is 7.58. The van der Waals surface area contributed by atoms with Crippen LogP contribution in [0.25, 0.3) is 0 Å². The van der Waals surface area contributed by atoms with Crippen LogP contribution >= 0.6 is 8.03 Å². The van der Waals surface area contributed by atoms with Gasteiger partial charge < -0.3 is 4.89 Å². The van der Waals surface area contributed by atoms with Crippen LogP contribution in [0.5, 0.6) is 0 Å². The molecule has 1 atom stereocenters. The second-order valence-corrected chi connectivity index (χ2v) is 2.25. The highest BCUT2D eigenvalue weighted by Gasteiger charge is 2.00. The molecule has 42 valence electrons. The predicted octanol–water partition coefficient (Wildman–Crippen LogP) is 0.390. The molecular weight excluding hydrogens is 115 g/mol. The smallest absolute Gasteiger partial charge is 0.252 e. The molecule has 0 fully saturated rings. The first kappa shape index (κ1) is 6.86. The summed E-state index contributed by atoms with van der Waals surface area (Å²) < 4.78 is 9.77. The first-order valence-electron chi connectivity index (χ1n) is 1.94. The van der Waals surface area contributed by atoms with E-state index in [-0.39, 0.29) is 6.42 Å². The molecule has 0 aliphatic carbocycles. The molecule has 0 rings (SSSR count). The standard InChI is InChI=1S/C3H7O3P/c1-2-3(4)7(5)6/h7H,2H2,1H3,(H,5,6). The summed E-state index contributed by atoms with van der Waals surface area (Å²) in [6, 6.07) is 0. The topological polar surface area (TPSA) is 54.4 Å². The SMILES string of the molecule is CCC(=O)[PH](=O)O. The predicted molar refractivity (Wildman–Crippen MR) is 26.5 cm³/mol. The molecule has 0 saturated carbocycles. The van der Waals surface area contributed by atoms with Gasteiger partial charge in [-0.15, -0.1) is 0 Å². The van der Waals surface area contributed by atoms with Crippen molar-refractivity contribution in [1.82, 2.24) is 0 Å². The molecule has 0 spiro atoms. The van der Waals surface area contributed by atoms with Crippen molar-refractivity contribution in [2.24, 2.45) is 0 Å². The van der Waals surface area contributed by atoms with Gasteiger partial charge in [0, 0.05) is 6.42 Å². The Bertz CT molecular complexity index is 98.4. The number of carbonyl (C=O) groups excluding carboxylic acids is 1. The third-order valence-electron chi connectivity index (χ3n) is 0.560. The Morgan fingerprint density at radius 2 is 2.29 bits per heavy atom. The minimum absolute atomic E-state index is 0.161. The second kappa shape index (κ2) is 2.94. The van der Waals surface area contributed by atoms with Crippen LogP contribution in [0.1, 0.15) is 13.3 Å². The number of hydrogen-bond donors (Lipinski definition) is 1. The van der Waals surface area contributed by atoms with E-state index in [1.54, 1.807) is 6.92 Å². The van der Waals surface area contributed by atoms with E-state index in [2.05, 4.69) is 0 Å². The summed E-state index contributed by atoms with van der Waals surface area (Å²) in [6.07, 6.45) is 0.161. The fourth-order valence-electron chi connectivity index (χ4n) is 0.151. The summed E-state index contributed by atoms with van der Waals surface area (Å²) in [7, 11) is -2.85. The van der Waals surface area contributed by atoms with Crippen molar-refractivity contribution in [3.05, 3.63) is 0 Å². The fourth-order valence-corrected chi connectivity index (χ4v) is 0.454. The lowest BCUT2D eigenvalue weighted by molar-refractivity contribution is -0.111. The van der Waals surface area contributed by atoms with Crippen molar-refractivity contribution in [3.63, 3.8) is 0 Å². The zero-order valence-electron chi connectivity index (χ0n) is 3.97. The van der Waals surface area contributed by atoms with E-state index in [1.165, 1.54) is 0 Å². The maximum Gasteiger partial charge on any atom is 0.252 e. The van der Waals surface area contributed by atoms with Crippen LogP contribution in [-0.4, -0.2) is 10.4 Å². The van der Waals surface area contributed by atoms with Crippen LogP contribution in [0.4, 0.5) is 0 Å². The van der Waals surface area contributed by atoms with Gasteiger partial charge in [-0.2, -0.15) is 0 Å². The molecular formula is C3H7O3P. The number of hydrogen-bond acceptors (Lipinski definition) is 2. The van der Waals surface area contributed by atoms with E-state index < -0.39 is 13.6 Å². The molecule has 1 unspecified atom stereocenters. The molecule has 0 amide bonds. The molecule has 0 heterocycles. The lowest BCUT2D eigenvalue weighted by atomic mass is 10.6. The molecule has 0 bridgehead atoms. The third-order valence-corrected chi connectivity index (χ3v) is 1.39. The average Bonchev–Trinajstić information content (AvgIpc) is 1.65. The molecule has 0 aromatic rings. The lowest BCUT2D eigenvalue weighted by Gasteiger charge is -1.82. The maximum absolute atomic E-state index is 9.99. The summed E-state index contributed by atoms with van der Waals surface area (Å²) in [6.45, 7) is 1.56. The summed E-state index contributed by atoms with van der Waals surface area (Å²) in [4.78, 5) is 18.0. The minimum atomic E-state index is -2.85. The van der Waals surface area contributed by atoms with E-state index in [0.717, 1.165) is 0 Å². The van der Waals surface area contributed by atoms with Crippen molar-refractivity contribution >= 4 is 13.6 Å². The van der Waals surface area contributed by atoms with Gasteiger partial charge in [-0.05, 0) is 0 Å². The summed E-state index contributed by atoms with van der Waals surface area (Å²) >= 11 is 0. The van der Waals surface area contributed by atoms with E-state index >= 15 is 0 Å². The molecule has 0 aromatic heterocycles. The van der Waals surface area contributed by atoms with E-state index in [9.17, 15) is 9.36 Å². The largest absolute Gasteiger partial charge is 0.341 e. The van der Waals surface area contributed by atoms with Gasteiger partial charge in [-0.3, -0.25) is 9.36 Å². The molecule has 7 heavy (non-hydrogen) atoms. The van der Waals surface area contributed by atoms with Crippen molar-refractivity contribution in [1.29, 1.82) is 0 Å². The first-order chi connectivity index (χ1) is 3.18. The van der Waals surface area contributed by atoms with E-state index in [1.807, 2.05) is 0 Å². The minimum Gasteiger partial charge on any atom is -0.341 e. The van der Waals surface area contributed by atoms with Gasteiger partial charge in [-0.25, -0.2) is 0 Å². The molecule has 0 aromatic carbocycles. The quantitative estimate of drug-likeness (QED) is 0.539. The first-order valence-corrected chi connectivity index (χ1v) is 3.30. The Kier molecular flexibility index (Phi) is 2.88.